The SMILES string of the molecule is CCCCCCCCCCc1cnc(-c2ccc(OCCC(F)CCC(C)CCC)cc2)nc1. The van der Waals surface area contributed by atoms with Crippen LogP contribution >= 0.6 is 0 Å². The van der Waals surface area contributed by atoms with Gasteiger partial charge in [0.1, 0.15) is 11.9 Å². The number of aromatic nitrogens is 2. The first-order chi connectivity index (χ1) is 16.6. The number of halogens is 1. The normalized spacial score (nSPS) is 13.1. The van der Waals surface area contributed by atoms with Crippen LogP contribution < -0.4 is 4.74 Å². The van der Waals surface area contributed by atoms with Crippen LogP contribution in [0.2, 0.25) is 0 Å². The summed E-state index contributed by atoms with van der Waals surface area (Å²) in [7, 11) is 0. The summed E-state index contributed by atoms with van der Waals surface area (Å²) in [6.07, 6.45) is 19.2. The Morgan fingerprint density at radius 3 is 2.06 bits per heavy atom. The van der Waals surface area contributed by atoms with Gasteiger partial charge in [-0.15, -0.1) is 0 Å². The molecule has 3 nitrogen and oxygen atoms in total. The summed E-state index contributed by atoms with van der Waals surface area (Å²) in [5, 5.41) is 0. The zero-order valence-electron chi connectivity index (χ0n) is 21.9. The van der Waals surface area contributed by atoms with Crippen LogP contribution in [0.1, 0.15) is 110 Å². The van der Waals surface area contributed by atoms with Crippen molar-refractivity contribution in [1.29, 1.82) is 0 Å². The largest absolute Gasteiger partial charge is 0.493 e. The standard InChI is InChI=1S/C30H47FN2O/c1-4-6-7-8-9-10-11-12-14-26-23-32-30(33-24-26)27-16-19-29(20-17-27)34-22-21-28(31)18-15-25(3)13-5-2/h16-17,19-20,23-25,28H,4-15,18,21-22H2,1-3H3. The zero-order chi connectivity index (χ0) is 24.4. The van der Waals surface area contributed by atoms with Crippen molar-refractivity contribution in [2.45, 2.75) is 117 Å². The maximum atomic E-state index is 14.1. The Hall–Kier alpha value is -1.97. The van der Waals surface area contributed by atoms with Crippen molar-refractivity contribution in [1.82, 2.24) is 9.97 Å². The Bertz CT molecular complexity index is 747. The average molecular weight is 471 g/mol. The van der Waals surface area contributed by atoms with Gasteiger partial charge < -0.3 is 4.74 Å². The van der Waals surface area contributed by atoms with E-state index in [9.17, 15) is 4.39 Å². The molecule has 0 amide bonds. The Morgan fingerprint density at radius 1 is 0.765 bits per heavy atom. The van der Waals surface area contributed by atoms with E-state index in [0.717, 1.165) is 30.0 Å². The molecule has 1 aromatic carbocycles. The summed E-state index contributed by atoms with van der Waals surface area (Å²) < 4.78 is 19.9. The second kappa shape index (κ2) is 17.5. The number of aryl methyl sites for hydroxylation is 1. The molecule has 0 radical (unpaired) electrons. The maximum Gasteiger partial charge on any atom is 0.159 e. The monoisotopic (exact) mass is 470 g/mol. The van der Waals surface area contributed by atoms with Crippen molar-refractivity contribution >= 4 is 0 Å². The fraction of sp³-hybridized carbons (Fsp3) is 0.667. The summed E-state index contributed by atoms with van der Waals surface area (Å²) in [5.74, 6) is 2.11. The molecule has 2 atom stereocenters. The smallest absolute Gasteiger partial charge is 0.159 e. The lowest BCUT2D eigenvalue weighted by molar-refractivity contribution is 0.216. The quantitative estimate of drug-likeness (QED) is 0.192. The minimum atomic E-state index is -0.781. The van der Waals surface area contributed by atoms with Crippen molar-refractivity contribution in [3.05, 3.63) is 42.2 Å². The highest BCUT2D eigenvalue weighted by molar-refractivity contribution is 5.55. The van der Waals surface area contributed by atoms with Gasteiger partial charge in [-0.25, -0.2) is 14.4 Å². The lowest BCUT2D eigenvalue weighted by Gasteiger charge is -2.13. The van der Waals surface area contributed by atoms with E-state index in [1.807, 2.05) is 36.7 Å². The highest BCUT2D eigenvalue weighted by atomic mass is 19.1. The van der Waals surface area contributed by atoms with Gasteiger partial charge >= 0.3 is 0 Å². The molecule has 0 N–H and O–H groups in total. The van der Waals surface area contributed by atoms with Crippen LogP contribution in [0.3, 0.4) is 0 Å². The van der Waals surface area contributed by atoms with Gasteiger partial charge in [0.25, 0.3) is 0 Å². The van der Waals surface area contributed by atoms with Gasteiger partial charge in [-0.3, -0.25) is 0 Å². The van der Waals surface area contributed by atoms with Gasteiger partial charge in [0.05, 0.1) is 6.61 Å². The van der Waals surface area contributed by atoms with Crippen LogP contribution in [0, 0.1) is 5.92 Å². The molecule has 4 heteroatoms. The minimum Gasteiger partial charge on any atom is -0.493 e. The molecule has 190 valence electrons. The molecule has 0 spiro atoms. The van der Waals surface area contributed by atoms with E-state index in [4.69, 9.17) is 4.74 Å². The molecule has 2 aromatic rings. The first kappa shape index (κ1) is 28.3. The Kier molecular flexibility index (Phi) is 14.5. The number of alkyl halides is 1. The topological polar surface area (TPSA) is 35.0 Å². The predicted molar refractivity (Wildman–Crippen MR) is 142 cm³/mol. The third kappa shape index (κ3) is 11.9. The summed E-state index contributed by atoms with van der Waals surface area (Å²) in [5.41, 5.74) is 2.18. The van der Waals surface area contributed by atoms with Crippen molar-refractivity contribution in [3.63, 3.8) is 0 Å². The number of rotatable bonds is 19. The van der Waals surface area contributed by atoms with Gasteiger partial charge in [-0.05, 0) is 61.4 Å². The molecule has 1 aromatic heterocycles. The Morgan fingerprint density at radius 2 is 1.41 bits per heavy atom. The molecule has 1 heterocycles. The maximum absolute atomic E-state index is 14.1. The fourth-order valence-corrected chi connectivity index (χ4v) is 4.35. The van der Waals surface area contributed by atoms with Crippen LogP contribution in [-0.4, -0.2) is 22.7 Å². The zero-order valence-corrected chi connectivity index (χ0v) is 21.9. The molecule has 0 saturated heterocycles. The Balaban J connectivity index is 1.65. The number of hydrogen-bond acceptors (Lipinski definition) is 3. The summed E-state index contributed by atoms with van der Waals surface area (Å²) in [4.78, 5) is 9.12. The molecule has 2 unspecified atom stereocenters. The van der Waals surface area contributed by atoms with Crippen LogP contribution in [0.4, 0.5) is 4.39 Å². The van der Waals surface area contributed by atoms with E-state index >= 15 is 0 Å². The lowest BCUT2D eigenvalue weighted by Crippen LogP contribution is -2.09. The Labute approximate surface area is 208 Å². The summed E-state index contributed by atoms with van der Waals surface area (Å²) in [6.45, 7) is 7.07. The number of ether oxygens (including phenoxy) is 1. The third-order valence-corrected chi connectivity index (χ3v) is 6.59. The van der Waals surface area contributed by atoms with Crippen LogP contribution in [0.5, 0.6) is 5.75 Å². The van der Waals surface area contributed by atoms with Gasteiger partial charge in [0.15, 0.2) is 5.82 Å². The molecular formula is C30H47FN2O. The average Bonchev–Trinajstić information content (AvgIpc) is 2.85. The van der Waals surface area contributed by atoms with E-state index in [1.54, 1.807) is 0 Å². The number of hydrogen-bond donors (Lipinski definition) is 0. The van der Waals surface area contributed by atoms with Crippen molar-refractivity contribution in [2.24, 2.45) is 5.92 Å². The number of nitrogens with zero attached hydrogens (tertiary/aromatic N) is 2. The summed E-state index contributed by atoms with van der Waals surface area (Å²) in [6, 6.07) is 7.79. The molecule has 34 heavy (non-hydrogen) atoms. The second-order valence-electron chi connectivity index (χ2n) is 9.87. The van der Waals surface area contributed by atoms with Crippen LogP contribution in [0.25, 0.3) is 11.4 Å². The first-order valence-electron chi connectivity index (χ1n) is 13.8. The lowest BCUT2D eigenvalue weighted by atomic mass is 9.98. The first-order valence-corrected chi connectivity index (χ1v) is 13.8. The summed E-state index contributed by atoms with van der Waals surface area (Å²) >= 11 is 0. The molecular weight excluding hydrogens is 423 g/mol. The minimum absolute atomic E-state index is 0.409. The van der Waals surface area contributed by atoms with Crippen LogP contribution in [0.15, 0.2) is 36.7 Å². The van der Waals surface area contributed by atoms with E-state index < -0.39 is 6.17 Å². The highest BCUT2D eigenvalue weighted by Crippen LogP contribution is 2.21. The number of benzene rings is 1. The van der Waals surface area contributed by atoms with E-state index in [2.05, 4.69) is 30.7 Å². The van der Waals surface area contributed by atoms with Gasteiger partial charge in [0.2, 0.25) is 0 Å². The van der Waals surface area contributed by atoms with Crippen molar-refractivity contribution < 1.29 is 9.13 Å². The second-order valence-corrected chi connectivity index (χ2v) is 9.87. The molecule has 0 aliphatic heterocycles. The fourth-order valence-electron chi connectivity index (χ4n) is 4.35. The van der Waals surface area contributed by atoms with Gasteiger partial charge in [0, 0.05) is 24.4 Å². The van der Waals surface area contributed by atoms with Gasteiger partial charge in [-0.1, -0.05) is 78.6 Å². The third-order valence-electron chi connectivity index (χ3n) is 6.59. The van der Waals surface area contributed by atoms with Crippen molar-refractivity contribution in [3.8, 4) is 17.1 Å². The van der Waals surface area contributed by atoms with Gasteiger partial charge in [-0.2, -0.15) is 0 Å². The van der Waals surface area contributed by atoms with E-state index in [1.165, 1.54) is 69.8 Å². The predicted octanol–water partition coefficient (Wildman–Crippen LogP) is 9.15. The molecule has 0 saturated carbocycles. The highest BCUT2D eigenvalue weighted by Gasteiger charge is 2.10. The number of unbranched alkanes of at least 4 members (excludes halogenated alkanes) is 7. The molecule has 0 fully saturated rings. The molecule has 2 rings (SSSR count). The van der Waals surface area contributed by atoms with Crippen molar-refractivity contribution in [2.75, 3.05) is 6.61 Å². The molecule has 0 bridgehead atoms. The van der Waals surface area contributed by atoms with E-state index in [-0.39, 0.29) is 0 Å². The van der Waals surface area contributed by atoms with E-state index in [0.29, 0.717) is 25.4 Å². The van der Waals surface area contributed by atoms with Crippen LogP contribution in [-0.2, 0) is 6.42 Å². The molecule has 0 aliphatic rings. The molecule has 0 aliphatic carbocycles.